The van der Waals surface area contributed by atoms with Gasteiger partial charge in [-0.15, -0.1) is 0 Å². The molecular formula is C21H24N2O7. The van der Waals surface area contributed by atoms with Crippen LogP contribution in [0.2, 0.25) is 0 Å². The highest BCUT2D eigenvalue weighted by Crippen LogP contribution is 2.35. The summed E-state index contributed by atoms with van der Waals surface area (Å²) in [6, 6.07) is 9.95. The lowest BCUT2D eigenvalue weighted by Crippen LogP contribution is -2.30. The van der Waals surface area contributed by atoms with E-state index < -0.39 is 29.1 Å². The van der Waals surface area contributed by atoms with Crippen LogP contribution in [0.3, 0.4) is 0 Å². The van der Waals surface area contributed by atoms with Crippen LogP contribution in [0.5, 0.6) is 11.5 Å². The van der Waals surface area contributed by atoms with E-state index in [1.807, 2.05) is 31.2 Å². The number of nitro benzene ring substituents is 1. The standard InChI is InChI=1S/C21H24N2O7/c1-5-29-19-11-17(23(26)27)16(10-18(19)28-4)21(25)30-13-20(24)22(3)12-15-8-6-14(2)7-9-15/h6-11H,5,12-13H2,1-4H3. The number of hydrogen-bond acceptors (Lipinski definition) is 7. The van der Waals surface area contributed by atoms with Gasteiger partial charge in [0.05, 0.1) is 24.7 Å². The molecule has 9 nitrogen and oxygen atoms in total. The zero-order valence-corrected chi connectivity index (χ0v) is 17.3. The molecule has 0 N–H and O–H groups in total. The van der Waals surface area contributed by atoms with Crippen LogP contribution in [0.15, 0.2) is 36.4 Å². The lowest BCUT2D eigenvalue weighted by Gasteiger charge is -2.17. The molecule has 30 heavy (non-hydrogen) atoms. The molecule has 0 aliphatic heterocycles. The summed E-state index contributed by atoms with van der Waals surface area (Å²) in [6.45, 7) is 3.74. The quantitative estimate of drug-likeness (QED) is 0.351. The molecule has 2 aromatic rings. The molecular weight excluding hydrogens is 392 g/mol. The van der Waals surface area contributed by atoms with Crippen molar-refractivity contribution >= 4 is 17.6 Å². The van der Waals surface area contributed by atoms with Gasteiger partial charge in [0.25, 0.3) is 11.6 Å². The van der Waals surface area contributed by atoms with Gasteiger partial charge in [-0.2, -0.15) is 0 Å². The minimum Gasteiger partial charge on any atom is -0.493 e. The molecule has 0 unspecified atom stereocenters. The largest absolute Gasteiger partial charge is 0.493 e. The Bertz CT molecular complexity index is 926. The monoisotopic (exact) mass is 416 g/mol. The number of benzene rings is 2. The molecule has 0 saturated heterocycles. The van der Waals surface area contributed by atoms with Gasteiger partial charge in [-0.3, -0.25) is 14.9 Å². The molecule has 0 aliphatic rings. The van der Waals surface area contributed by atoms with Crippen LogP contribution < -0.4 is 9.47 Å². The van der Waals surface area contributed by atoms with Crippen molar-refractivity contribution < 1.29 is 28.7 Å². The van der Waals surface area contributed by atoms with Crippen LogP contribution in [0.1, 0.15) is 28.4 Å². The van der Waals surface area contributed by atoms with E-state index in [-0.39, 0.29) is 23.7 Å². The lowest BCUT2D eigenvalue weighted by atomic mass is 10.1. The first-order valence-corrected chi connectivity index (χ1v) is 9.22. The number of amides is 1. The minimum absolute atomic E-state index is 0.136. The number of ether oxygens (including phenoxy) is 3. The van der Waals surface area contributed by atoms with Crippen molar-refractivity contribution in [3.8, 4) is 11.5 Å². The van der Waals surface area contributed by atoms with Crippen molar-refractivity contribution in [2.75, 3.05) is 27.4 Å². The topological polar surface area (TPSA) is 108 Å². The summed E-state index contributed by atoms with van der Waals surface area (Å²) in [7, 11) is 2.93. The summed E-state index contributed by atoms with van der Waals surface area (Å²) < 4.78 is 15.5. The normalized spacial score (nSPS) is 10.3. The fraction of sp³-hybridized carbons (Fsp3) is 0.333. The van der Waals surface area contributed by atoms with Gasteiger partial charge < -0.3 is 19.1 Å². The first-order chi connectivity index (χ1) is 14.3. The number of likely N-dealkylation sites (N-methyl/N-ethyl adjacent to an activating group) is 1. The Hall–Kier alpha value is -3.62. The molecule has 0 aromatic heterocycles. The molecule has 2 aromatic carbocycles. The molecule has 0 radical (unpaired) electrons. The number of aryl methyl sites for hydroxylation is 1. The van der Waals surface area contributed by atoms with Gasteiger partial charge in [0.1, 0.15) is 5.56 Å². The molecule has 0 bridgehead atoms. The first-order valence-electron chi connectivity index (χ1n) is 9.22. The number of nitrogens with zero attached hydrogens (tertiary/aromatic N) is 2. The molecule has 0 spiro atoms. The van der Waals surface area contributed by atoms with Crippen LogP contribution in [-0.4, -0.2) is 49.1 Å². The molecule has 9 heteroatoms. The number of carbonyl (C=O) groups is 2. The minimum atomic E-state index is -1.000. The number of carbonyl (C=O) groups excluding carboxylic acids is 2. The maximum atomic E-state index is 12.4. The van der Waals surface area contributed by atoms with E-state index in [0.717, 1.165) is 17.2 Å². The molecule has 1 amide bonds. The highest BCUT2D eigenvalue weighted by molar-refractivity contribution is 5.96. The van der Waals surface area contributed by atoms with Gasteiger partial charge in [0, 0.05) is 19.7 Å². The van der Waals surface area contributed by atoms with E-state index in [1.54, 1.807) is 14.0 Å². The van der Waals surface area contributed by atoms with Crippen molar-refractivity contribution in [2.24, 2.45) is 0 Å². The number of methoxy groups -OCH3 is 1. The van der Waals surface area contributed by atoms with Crippen molar-refractivity contribution in [1.82, 2.24) is 4.90 Å². The van der Waals surface area contributed by atoms with Gasteiger partial charge in [0.15, 0.2) is 18.1 Å². The van der Waals surface area contributed by atoms with Gasteiger partial charge in [-0.05, 0) is 19.4 Å². The lowest BCUT2D eigenvalue weighted by molar-refractivity contribution is -0.385. The number of hydrogen-bond donors (Lipinski definition) is 0. The number of nitro groups is 1. The highest BCUT2D eigenvalue weighted by atomic mass is 16.6. The predicted molar refractivity (Wildman–Crippen MR) is 109 cm³/mol. The Balaban J connectivity index is 2.10. The SMILES string of the molecule is CCOc1cc([N+](=O)[O-])c(C(=O)OCC(=O)N(C)Cc2ccc(C)cc2)cc1OC. The Morgan fingerprint density at radius 1 is 1.13 bits per heavy atom. The van der Waals surface area contributed by atoms with E-state index in [1.165, 1.54) is 18.1 Å². The third-order valence-corrected chi connectivity index (χ3v) is 4.29. The Morgan fingerprint density at radius 3 is 2.37 bits per heavy atom. The van der Waals surface area contributed by atoms with E-state index in [9.17, 15) is 19.7 Å². The van der Waals surface area contributed by atoms with Crippen LogP contribution in [-0.2, 0) is 16.1 Å². The third kappa shape index (κ3) is 5.69. The first kappa shape index (κ1) is 22.7. The summed E-state index contributed by atoms with van der Waals surface area (Å²) >= 11 is 0. The number of esters is 1. The molecule has 0 aliphatic carbocycles. The Labute approximate surface area is 174 Å². The molecule has 160 valence electrons. The van der Waals surface area contributed by atoms with Crippen molar-refractivity contribution in [2.45, 2.75) is 20.4 Å². The fourth-order valence-corrected chi connectivity index (χ4v) is 2.66. The second-order valence-electron chi connectivity index (χ2n) is 6.52. The molecule has 0 heterocycles. The second kappa shape index (κ2) is 10.2. The van der Waals surface area contributed by atoms with E-state index >= 15 is 0 Å². The molecule has 0 fully saturated rings. The van der Waals surface area contributed by atoms with E-state index in [2.05, 4.69) is 0 Å². The Morgan fingerprint density at radius 2 is 1.80 bits per heavy atom. The summed E-state index contributed by atoms with van der Waals surface area (Å²) in [5.41, 5.74) is 1.21. The van der Waals surface area contributed by atoms with Gasteiger partial charge in [0.2, 0.25) is 0 Å². The highest BCUT2D eigenvalue weighted by Gasteiger charge is 2.26. The predicted octanol–water partition coefficient (Wildman–Crippen LogP) is 3.13. The summed E-state index contributed by atoms with van der Waals surface area (Å²) in [5.74, 6) is -1.15. The van der Waals surface area contributed by atoms with E-state index in [0.29, 0.717) is 6.54 Å². The number of rotatable bonds is 9. The average Bonchev–Trinajstić information content (AvgIpc) is 2.73. The maximum absolute atomic E-state index is 12.4. The van der Waals surface area contributed by atoms with Crippen LogP contribution in [0.25, 0.3) is 0 Å². The molecule has 2 rings (SSSR count). The summed E-state index contributed by atoms with van der Waals surface area (Å²) in [4.78, 5) is 36.8. The smallest absolute Gasteiger partial charge is 0.345 e. The zero-order chi connectivity index (χ0) is 22.3. The van der Waals surface area contributed by atoms with Crippen LogP contribution in [0.4, 0.5) is 5.69 Å². The fourth-order valence-electron chi connectivity index (χ4n) is 2.66. The van der Waals surface area contributed by atoms with Gasteiger partial charge in [-0.25, -0.2) is 4.79 Å². The average molecular weight is 416 g/mol. The van der Waals surface area contributed by atoms with Crippen LogP contribution >= 0.6 is 0 Å². The third-order valence-electron chi connectivity index (χ3n) is 4.29. The molecule has 0 atom stereocenters. The van der Waals surface area contributed by atoms with Crippen LogP contribution in [0, 0.1) is 17.0 Å². The van der Waals surface area contributed by atoms with Crippen molar-refractivity contribution in [1.29, 1.82) is 0 Å². The van der Waals surface area contributed by atoms with Gasteiger partial charge in [-0.1, -0.05) is 29.8 Å². The van der Waals surface area contributed by atoms with Crippen molar-refractivity contribution in [3.05, 3.63) is 63.2 Å². The zero-order valence-electron chi connectivity index (χ0n) is 17.3. The van der Waals surface area contributed by atoms with E-state index in [4.69, 9.17) is 14.2 Å². The molecule has 0 saturated carbocycles. The maximum Gasteiger partial charge on any atom is 0.345 e. The summed E-state index contributed by atoms with van der Waals surface area (Å²) in [5, 5.41) is 11.4. The Kier molecular flexibility index (Phi) is 7.74. The summed E-state index contributed by atoms with van der Waals surface area (Å²) in [6.07, 6.45) is 0. The van der Waals surface area contributed by atoms with Gasteiger partial charge >= 0.3 is 5.97 Å². The van der Waals surface area contributed by atoms with Crippen molar-refractivity contribution in [3.63, 3.8) is 0 Å². The second-order valence-corrected chi connectivity index (χ2v) is 6.52.